The van der Waals surface area contributed by atoms with Crippen molar-refractivity contribution >= 4 is 0 Å². The van der Waals surface area contributed by atoms with Gasteiger partial charge in [-0.05, 0) is 55.5 Å². The summed E-state index contributed by atoms with van der Waals surface area (Å²) in [6.07, 6.45) is 3.94. The lowest BCUT2D eigenvalue weighted by molar-refractivity contribution is 0.160. The van der Waals surface area contributed by atoms with Gasteiger partial charge in [-0.2, -0.15) is 0 Å². The Morgan fingerprint density at radius 3 is 2.57 bits per heavy atom. The SMILES string of the molecule is Cc1ccc(C(C)(C)C)cc1C(CN)C1CCCCN1C. The summed E-state index contributed by atoms with van der Waals surface area (Å²) in [5.41, 5.74) is 10.7. The summed E-state index contributed by atoms with van der Waals surface area (Å²) in [6.45, 7) is 11.0. The Balaban J connectivity index is 2.37. The number of hydrogen-bond donors (Lipinski definition) is 1. The van der Waals surface area contributed by atoms with E-state index in [0.29, 0.717) is 12.0 Å². The average Bonchev–Trinajstić information content (AvgIpc) is 2.42. The van der Waals surface area contributed by atoms with E-state index >= 15 is 0 Å². The minimum absolute atomic E-state index is 0.195. The summed E-state index contributed by atoms with van der Waals surface area (Å²) < 4.78 is 0. The molecular formula is C19H32N2. The highest BCUT2D eigenvalue weighted by Crippen LogP contribution is 2.33. The first-order chi connectivity index (χ1) is 9.84. The maximum Gasteiger partial charge on any atom is 0.0173 e. The molecule has 2 rings (SSSR count). The second-order valence-corrected chi connectivity index (χ2v) is 7.71. The smallest absolute Gasteiger partial charge is 0.0173 e. The number of likely N-dealkylation sites (tertiary alicyclic amines) is 1. The van der Waals surface area contributed by atoms with Gasteiger partial charge in [-0.1, -0.05) is 45.4 Å². The van der Waals surface area contributed by atoms with Crippen molar-refractivity contribution in [2.45, 2.75) is 64.3 Å². The third-order valence-corrected chi connectivity index (χ3v) is 5.09. The van der Waals surface area contributed by atoms with Crippen LogP contribution in [0.15, 0.2) is 18.2 Å². The Morgan fingerprint density at radius 1 is 1.29 bits per heavy atom. The molecule has 0 radical (unpaired) electrons. The molecule has 1 fully saturated rings. The molecule has 1 saturated heterocycles. The molecule has 1 aromatic rings. The molecule has 2 unspecified atom stereocenters. The molecular weight excluding hydrogens is 256 g/mol. The molecule has 2 heteroatoms. The molecule has 0 spiro atoms. The minimum Gasteiger partial charge on any atom is -0.330 e. The van der Waals surface area contributed by atoms with Crippen molar-refractivity contribution in [3.63, 3.8) is 0 Å². The predicted octanol–water partition coefficient (Wildman–Crippen LogP) is 3.82. The van der Waals surface area contributed by atoms with Gasteiger partial charge in [0, 0.05) is 18.5 Å². The second kappa shape index (κ2) is 6.50. The fraction of sp³-hybridized carbons (Fsp3) is 0.684. The van der Waals surface area contributed by atoms with E-state index in [4.69, 9.17) is 5.73 Å². The molecule has 2 N–H and O–H groups in total. The summed E-state index contributed by atoms with van der Waals surface area (Å²) in [5.74, 6) is 0.456. The number of nitrogens with two attached hydrogens (primary N) is 1. The Hall–Kier alpha value is -0.860. The van der Waals surface area contributed by atoms with E-state index in [-0.39, 0.29) is 5.41 Å². The lowest BCUT2D eigenvalue weighted by atomic mass is 9.79. The van der Waals surface area contributed by atoms with Crippen LogP contribution in [0.3, 0.4) is 0 Å². The van der Waals surface area contributed by atoms with Crippen LogP contribution in [0.5, 0.6) is 0 Å². The lowest BCUT2D eigenvalue weighted by Gasteiger charge is -2.39. The number of rotatable bonds is 3. The molecule has 21 heavy (non-hydrogen) atoms. The van der Waals surface area contributed by atoms with Crippen molar-refractivity contribution in [2.75, 3.05) is 20.1 Å². The molecule has 118 valence electrons. The first-order valence-electron chi connectivity index (χ1n) is 8.36. The highest BCUT2D eigenvalue weighted by Gasteiger charge is 2.29. The van der Waals surface area contributed by atoms with Crippen LogP contribution >= 0.6 is 0 Å². The van der Waals surface area contributed by atoms with E-state index in [2.05, 4.69) is 57.8 Å². The summed E-state index contributed by atoms with van der Waals surface area (Å²) >= 11 is 0. The van der Waals surface area contributed by atoms with E-state index in [1.54, 1.807) is 0 Å². The maximum atomic E-state index is 6.20. The zero-order valence-corrected chi connectivity index (χ0v) is 14.4. The molecule has 1 aliphatic heterocycles. The number of aryl methyl sites for hydroxylation is 1. The molecule has 1 heterocycles. The van der Waals surface area contributed by atoms with Crippen LogP contribution in [0.1, 0.15) is 62.6 Å². The molecule has 0 amide bonds. The maximum absolute atomic E-state index is 6.20. The van der Waals surface area contributed by atoms with Gasteiger partial charge in [0.15, 0.2) is 0 Å². The van der Waals surface area contributed by atoms with E-state index in [1.165, 1.54) is 42.5 Å². The Morgan fingerprint density at radius 2 is 2.00 bits per heavy atom. The highest BCUT2D eigenvalue weighted by molar-refractivity contribution is 5.38. The molecule has 0 bridgehead atoms. The predicted molar refractivity (Wildman–Crippen MR) is 91.9 cm³/mol. The zero-order chi connectivity index (χ0) is 15.6. The summed E-state index contributed by atoms with van der Waals surface area (Å²) in [5, 5.41) is 0. The molecule has 1 aliphatic rings. The van der Waals surface area contributed by atoms with Crippen molar-refractivity contribution in [1.29, 1.82) is 0 Å². The third kappa shape index (κ3) is 3.67. The topological polar surface area (TPSA) is 29.3 Å². The van der Waals surface area contributed by atoms with E-state index in [9.17, 15) is 0 Å². The van der Waals surface area contributed by atoms with Crippen molar-refractivity contribution in [1.82, 2.24) is 4.90 Å². The number of benzene rings is 1. The van der Waals surface area contributed by atoms with Crippen molar-refractivity contribution in [2.24, 2.45) is 5.73 Å². The van der Waals surface area contributed by atoms with Gasteiger partial charge < -0.3 is 10.6 Å². The third-order valence-electron chi connectivity index (χ3n) is 5.09. The molecule has 0 saturated carbocycles. The summed E-state index contributed by atoms with van der Waals surface area (Å²) in [4.78, 5) is 2.52. The van der Waals surface area contributed by atoms with E-state index in [1.807, 2.05) is 0 Å². The van der Waals surface area contributed by atoms with Gasteiger partial charge in [-0.15, -0.1) is 0 Å². The highest BCUT2D eigenvalue weighted by atomic mass is 15.1. The van der Waals surface area contributed by atoms with Gasteiger partial charge in [0.1, 0.15) is 0 Å². The number of piperidine rings is 1. The first-order valence-corrected chi connectivity index (χ1v) is 8.36. The summed E-state index contributed by atoms with van der Waals surface area (Å²) in [7, 11) is 2.26. The van der Waals surface area contributed by atoms with Gasteiger partial charge in [-0.3, -0.25) is 0 Å². The second-order valence-electron chi connectivity index (χ2n) is 7.71. The zero-order valence-electron chi connectivity index (χ0n) is 14.4. The van der Waals surface area contributed by atoms with Gasteiger partial charge >= 0.3 is 0 Å². The normalized spacial score (nSPS) is 22.3. The number of nitrogens with zero attached hydrogens (tertiary/aromatic N) is 1. The van der Waals surface area contributed by atoms with Crippen LogP contribution < -0.4 is 5.73 Å². The molecule has 0 aromatic heterocycles. The van der Waals surface area contributed by atoms with Crippen LogP contribution in [0.4, 0.5) is 0 Å². The number of hydrogen-bond acceptors (Lipinski definition) is 2. The fourth-order valence-electron chi connectivity index (χ4n) is 3.61. The average molecular weight is 288 g/mol. The Kier molecular flexibility index (Phi) is 5.11. The largest absolute Gasteiger partial charge is 0.330 e. The van der Waals surface area contributed by atoms with Crippen molar-refractivity contribution in [3.05, 3.63) is 34.9 Å². The molecule has 0 aliphatic carbocycles. The Bertz CT molecular complexity index is 473. The Labute approximate surface area is 130 Å². The minimum atomic E-state index is 0.195. The van der Waals surface area contributed by atoms with Gasteiger partial charge in [0.25, 0.3) is 0 Å². The fourth-order valence-corrected chi connectivity index (χ4v) is 3.61. The first kappa shape index (κ1) is 16.5. The van der Waals surface area contributed by atoms with E-state index < -0.39 is 0 Å². The standard InChI is InChI=1S/C19H32N2/c1-14-9-10-15(19(2,3)4)12-16(14)17(13-20)18-8-6-7-11-21(18)5/h9-10,12,17-18H,6-8,11,13,20H2,1-5H3. The van der Waals surface area contributed by atoms with Crippen LogP contribution in [0, 0.1) is 6.92 Å². The quantitative estimate of drug-likeness (QED) is 0.916. The molecule has 2 atom stereocenters. The van der Waals surface area contributed by atoms with Gasteiger partial charge in [-0.25, -0.2) is 0 Å². The van der Waals surface area contributed by atoms with Crippen molar-refractivity contribution in [3.8, 4) is 0 Å². The van der Waals surface area contributed by atoms with Crippen LogP contribution in [-0.4, -0.2) is 31.1 Å². The van der Waals surface area contributed by atoms with Crippen molar-refractivity contribution < 1.29 is 0 Å². The van der Waals surface area contributed by atoms with Crippen LogP contribution in [0.25, 0.3) is 0 Å². The van der Waals surface area contributed by atoms with Crippen LogP contribution in [0.2, 0.25) is 0 Å². The van der Waals surface area contributed by atoms with Gasteiger partial charge in [0.05, 0.1) is 0 Å². The molecule has 1 aromatic carbocycles. The number of likely N-dealkylation sites (N-methyl/N-ethyl adjacent to an activating group) is 1. The lowest BCUT2D eigenvalue weighted by Crippen LogP contribution is -2.43. The monoisotopic (exact) mass is 288 g/mol. The van der Waals surface area contributed by atoms with Crippen LogP contribution in [-0.2, 0) is 5.41 Å². The van der Waals surface area contributed by atoms with Gasteiger partial charge in [0.2, 0.25) is 0 Å². The van der Waals surface area contributed by atoms with E-state index in [0.717, 1.165) is 6.54 Å². The summed E-state index contributed by atoms with van der Waals surface area (Å²) in [6, 6.07) is 7.56. The molecule has 2 nitrogen and oxygen atoms in total.